The molecule has 4 nitrogen and oxygen atoms in total. The van der Waals surface area contributed by atoms with E-state index in [2.05, 4.69) is 4.99 Å². The summed E-state index contributed by atoms with van der Waals surface area (Å²) >= 11 is 0. The lowest BCUT2D eigenvalue weighted by atomic mass is 10.6. The highest BCUT2D eigenvalue weighted by Crippen LogP contribution is 2.06. The first kappa shape index (κ1) is 6.44. The summed E-state index contributed by atoms with van der Waals surface area (Å²) < 4.78 is 20.9. The fourth-order valence-corrected chi connectivity index (χ4v) is 1.33. The number of nitrogens with zero attached hydrogens (tertiary/aromatic N) is 1. The molecule has 5 heteroatoms. The lowest BCUT2D eigenvalue weighted by molar-refractivity contribution is 0.330. The van der Waals surface area contributed by atoms with Crippen LogP contribution in [0.4, 0.5) is 0 Å². The summed E-state index contributed by atoms with van der Waals surface area (Å²) in [7, 11) is -3.22. The van der Waals surface area contributed by atoms with Gasteiger partial charge in [-0.3, -0.25) is 0 Å². The Balaban J connectivity index is 3.01. The summed E-state index contributed by atoms with van der Waals surface area (Å²) in [4.78, 5) is 3.41. The standard InChI is InChI=1S/C4H5NO3S/c6-1-4-2-9(7,8)3-5-4/h2-3,6H,1H2. The van der Waals surface area contributed by atoms with E-state index in [4.69, 9.17) is 5.11 Å². The van der Waals surface area contributed by atoms with Crippen LogP contribution in [0.1, 0.15) is 0 Å². The van der Waals surface area contributed by atoms with E-state index in [-0.39, 0.29) is 12.3 Å². The quantitative estimate of drug-likeness (QED) is 0.532. The summed E-state index contributed by atoms with van der Waals surface area (Å²) in [6.45, 7) is -0.324. The minimum Gasteiger partial charge on any atom is -0.390 e. The maximum atomic E-state index is 10.5. The Kier molecular flexibility index (Phi) is 1.38. The molecule has 1 N–H and O–H groups in total. The molecule has 0 bridgehead atoms. The van der Waals surface area contributed by atoms with Crippen LogP contribution in [-0.2, 0) is 9.84 Å². The van der Waals surface area contributed by atoms with Crippen molar-refractivity contribution in [2.45, 2.75) is 0 Å². The van der Waals surface area contributed by atoms with E-state index in [9.17, 15) is 8.42 Å². The van der Waals surface area contributed by atoms with Crippen molar-refractivity contribution in [2.75, 3.05) is 6.61 Å². The van der Waals surface area contributed by atoms with E-state index >= 15 is 0 Å². The van der Waals surface area contributed by atoms with Gasteiger partial charge in [0.15, 0.2) is 0 Å². The van der Waals surface area contributed by atoms with Crippen molar-refractivity contribution >= 4 is 15.4 Å². The molecular weight excluding hydrogens is 142 g/mol. The van der Waals surface area contributed by atoms with Crippen molar-refractivity contribution in [2.24, 2.45) is 4.99 Å². The molecule has 0 aromatic rings. The Hall–Kier alpha value is -0.680. The highest BCUT2D eigenvalue weighted by atomic mass is 32.2. The van der Waals surface area contributed by atoms with E-state index in [1.54, 1.807) is 0 Å². The summed E-state index contributed by atoms with van der Waals surface area (Å²) in [6.07, 6.45) is 0. The smallest absolute Gasteiger partial charge is 0.212 e. The number of hydrogen-bond acceptors (Lipinski definition) is 4. The Labute approximate surface area is 52.5 Å². The Morgan fingerprint density at radius 1 is 1.67 bits per heavy atom. The number of hydrogen-bond donors (Lipinski definition) is 1. The molecular formula is C4H5NO3S. The van der Waals surface area contributed by atoms with Crippen molar-refractivity contribution in [1.82, 2.24) is 0 Å². The molecule has 0 unspecified atom stereocenters. The van der Waals surface area contributed by atoms with Crippen molar-refractivity contribution in [1.29, 1.82) is 0 Å². The van der Waals surface area contributed by atoms with Crippen LogP contribution in [0, 0.1) is 0 Å². The summed E-state index contributed by atoms with van der Waals surface area (Å²) in [5, 5.41) is 9.29. The first-order valence-corrected chi connectivity index (χ1v) is 3.85. The zero-order valence-electron chi connectivity index (χ0n) is 4.48. The van der Waals surface area contributed by atoms with Crippen LogP contribution in [0.5, 0.6) is 0 Å². The fraction of sp³-hybridized carbons (Fsp3) is 0.250. The zero-order chi connectivity index (χ0) is 6.91. The predicted octanol–water partition coefficient (Wildman–Crippen LogP) is -0.723. The Bertz CT molecular complexity index is 262. The predicted molar refractivity (Wildman–Crippen MR) is 32.6 cm³/mol. The normalized spacial score (nSPS) is 22.1. The van der Waals surface area contributed by atoms with Crippen molar-refractivity contribution in [3.63, 3.8) is 0 Å². The van der Waals surface area contributed by atoms with Gasteiger partial charge in [0.1, 0.15) is 5.55 Å². The van der Waals surface area contributed by atoms with Crippen LogP contribution in [-0.4, -0.2) is 25.7 Å². The van der Waals surface area contributed by atoms with Gasteiger partial charge >= 0.3 is 0 Å². The van der Waals surface area contributed by atoms with E-state index in [1.807, 2.05) is 0 Å². The zero-order valence-corrected chi connectivity index (χ0v) is 5.30. The van der Waals surface area contributed by atoms with Crippen molar-refractivity contribution in [3.8, 4) is 0 Å². The maximum absolute atomic E-state index is 10.5. The van der Waals surface area contributed by atoms with Gasteiger partial charge in [0.05, 0.1) is 17.7 Å². The van der Waals surface area contributed by atoms with Gasteiger partial charge in [-0.2, -0.15) is 0 Å². The third-order valence-electron chi connectivity index (χ3n) is 0.828. The first-order chi connectivity index (χ1) is 4.14. The summed E-state index contributed by atoms with van der Waals surface area (Å²) in [5.74, 6) is 0. The van der Waals surface area contributed by atoms with Gasteiger partial charge in [-0.15, -0.1) is 0 Å². The van der Waals surface area contributed by atoms with Crippen LogP contribution in [0.2, 0.25) is 0 Å². The average Bonchev–Trinajstić information content (AvgIpc) is 2.10. The molecule has 0 aliphatic carbocycles. The molecule has 0 atom stereocenters. The first-order valence-electron chi connectivity index (χ1n) is 2.24. The average molecular weight is 147 g/mol. The molecule has 50 valence electrons. The minimum atomic E-state index is -3.22. The highest BCUT2D eigenvalue weighted by Gasteiger charge is 2.10. The van der Waals surface area contributed by atoms with Gasteiger partial charge in [0.25, 0.3) is 0 Å². The molecule has 1 aliphatic rings. The van der Waals surface area contributed by atoms with E-state index < -0.39 is 9.84 Å². The molecule has 0 spiro atoms. The molecule has 0 aromatic heterocycles. The third kappa shape index (κ3) is 1.36. The van der Waals surface area contributed by atoms with Gasteiger partial charge < -0.3 is 5.11 Å². The lowest BCUT2D eigenvalue weighted by Gasteiger charge is -1.82. The number of aliphatic hydroxyl groups excluding tert-OH is 1. The minimum absolute atomic E-state index is 0.190. The number of rotatable bonds is 1. The van der Waals surface area contributed by atoms with Crippen LogP contribution in [0.3, 0.4) is 0 Å². The molecule has 0 amide bonds. The molecule has 0 aromatic carbocycles. The Morgan fingerprint density at radius 3 is 2.56 bits per heavy atom. The molecule has 0 radical (unpaired) electrons. The van der Waals surface area contributed by atoms with Crippen LogP contribution in [0.15, 0.2) is 16.1 Å². The monoisotopic (exact) mass is 147 g/mol. The van der Waals surface area contributed by atoms with Gasteiger partial charge in [-0.1, -0.05) is 0 Å². The second-order valence-corrected chi connectivity index (χ2v) is 3.22. The lowest BCUT2D eigenvalue weighted by Crippen LogP contribution is -1.89. The van der Waals surface area contributed by atoms with E-state index in [1.165, 1.54) is 0 Å². The number of aliphatic imine (C=N–C) groups is 1. The topological polar surface area (TPSA) is 66.7 Å². The highest BCUT2D eigenvalue weighted by molar-refractivity contribution is 8.07. The summed E-state index contributed by atoms with van der Waals surface area (Å²) in [6, 6.07) is 0. The third-order valence-corrected chi connectivity index (χ3v) is 1.83. The van der Waals surface area contributed by atoms with Gasteiger partial charge in [-0.25, -0.2) is 13.4 Å². The summed E-state index contributed by atoms with van der Waals surface area (Å²) in [5.41, 5.74) is 1.01. The van der Waals surface area contributed by atoms with Crippen LogP contribution in [0.25, 0.3) is 0 Å². The van der Waals surface area contributed by atoms with Crippen molar-refractivity contribution in [3.05, 3.63) is 11.1 Å². The van der Waals surface area contributed by atoms with Gasteiger partial charge in [0, 0.05) is 0 Å². The van der Waals surface area contributed by atoms with Gasteiger partial charge in [0.2, 0.25) is 9.84 Å². The van der Waals surface area contributed by atoms with E-state index in [0.29, 0.717) is 0 Å². The van der Waals surface area contributed by atoms with Crippen LogP contribution >= 0.6 is 0 Å². The maximum Gasteiger partial charge on any atom is 0.212 e. The number of sulfone groups is 1. The molecule has 1 rings (SSSR count). The second kappa shape index (κ2) is 1.93. The fourth-order valence-electron chi connectivity index (χ4n) is 0.470. The molecule has 9 heavy (non-hydrogen) atoms. The molecule has 0 fully saturated rings. The van der Waals surface area contributed by atoms with Gasteiger partial charge in [-0.05, 0) is 0 Å². The molecule has 0 saturated carbocycles. The van der Waals surface area contributed by atoms with Crippen LogP contribution < -0.4 is 0 Å². The van der Waals surface area contributed by atoms with Crippen molar-refractivity contribution < 1.29 is 13.5 Å². The second-order valence-electron chi connectivity index (χ2n) is 1.59. The molecule has 1 heterocycles. The molecule has 0 saturated heterocycles. The van der Waals surface area contributed by atoms with E-state index in [0.717, 1.165) is 11.0 Å². The number of aliphatic hydroxyl groups is 1. The SMILES string of the molecule is O=S1(=O)C=NC(CO)=C1. The largest absolute Gasteiger partial charge is 0.390 e. The Morgan fingerprint density at radius 2 is 2.33 bits per heavy atom. The molecule has 1 aliphatic heterocycles.